The third kappa shape index (κ3) is 2.47. The molecule has 0 atom stereocenters. The molecule has 0 radical (unpaired) electrons. The van der Waals surface area contributed by atoms with Crippen LogP contribution >= 0.6 is 0 Å². The lowest BCUT2D eigenvalue weighted by molar-refractivity contribution is -0.147. The number of carboxylic acid groups (broad SMARTS) is 1. The van der Waals surface area contributed by atoms with Gasteiger partial charge in [0.1, 0.15) is 8.07 Å². The molecule has 1 aliphatic carbocycles. The van der Waals surface area contributed by atoms with Crippen molar-refractivity contribution in [2.24, 2.45) is 5.41 Å². The van der Waals surface area contributed by atoms with E-state index in [-0.39, 0.29) is 0 Å². The summed E-state index contributed by atoms with van der Waals surface area (Å²) in [6.07, 6.45) is 4.67. The van der Waals surface area contributed by atoms with Gasteiger partial charge in [0.25, 0.3) is 0 Å². The Kier molecular flexibility index (Phi) is 4.19. The van der Waals surface area contributed by atoms with Crippen LogP contribution in [0.5, 0.6) is 0 Å². The van der Waals surface area contributed by atoms with Gasteiger partial charge in [0, 0.05) is 0 Å². The highest BCUT2D eigenvalue weighted by atomic mass is 28.3. The van der Waals surface area contributed by atoms with E-state index in [0.717, 1.165) is 37.3 Å². The molecule has 0 saturated heterocycles. The van der Waals surface area contributed by atoms with Crippen LogP contribution in [0.2, 0.25) is 13.1 Å². The monoisotopic (exact) mass is 288 g/mol. The Labute approximate surface area is 122 Å². The highest BCUT2D eigenvalue weighted by molar-refractivity contribution is 6.96. The summed E-state index contributed by atoms with van der Waals surface area (Å²) >= 11 is 0. The van der Waals surface area contributed by atoms with Gasteiger partial charge in [-0.05, 0) is 12.8 Å². The molecule has 0 heterocycles. The second kappa shape index (κ2) is 5.56. The van der Waals surface area contributed by atoms with E-state index in [1.165, 1.54) is 5.19 Å². The lowest BCUT2D eigenvalue weighted by atomic mass is 9.74. The Balaban J connectivity index is 2.39. The molecule has 1 fully saturated rings. The predicted octanol–water partition coefficient (Wildman–Crippen LogP) is 3.73. The largest absolute Gasteiger partial charge is 0.481 e. The summed E-state index contributed by atoms with van der Waals surface area (Å²) in [6.45, 7) is 8.75. The van der Waals surface area contributed by atoms with Crippen molar-refractivity contribution in [3.8, 4) is 0 Å². The van der Waals surface area contributed by atoms with Gasteiger partial charge in [0.05, 0.1) is 5.41 Å². The molecule has 20 heavy (non-hydrogen) atoms. The third-order valence-electron chi connectivity index (χ3n) is 4.94. The average molecular weight is 288 g/mol. The zero-order valence-corrected chi connectivity index (χ0v) is 13.5. The minimum absolute atomic E-state index is 0.668. The van der Waals surface area contributed by atoms with E-state index < -0.39 is 19.5 Å². The van der Waals surface area contributed by atoms with Crippen molar-refractivity contribution < 1.29 is 9.90 Å². The van der Waals surface area contributed by atoms with Gasteiger partial charge >= 0.3 is 5.97 Å². The minimum atomic E-state index is -1.98. The van der Waals surface area contributed by atoms with E-state index in [2.05, 4.69) is 31.8 Å². The van der Waals surface area contributed by atoms with Crippen molar-refractivity contribution in [1.29, 1.82) is 0 Å². The summed E-state index contributed by atoms with van der Waals surface area (Å²) in [5.74, 6) is -0.668. The van der Waals surface area contributed by atoms with Crippen molar-refractivity contribution >= 4 is 19.2 Å². The molecule has 1 aromatic carbocycles. The van der Waals surface area contributed by atoms with Gasteiger partial charge in [-0.25, -0.2) is 0 Å². The zero-order chi connectivity index (χ0) is 14.8. The smallest absolute Gasteiger partial charge is 0.313 e. The lowest BCUT2D eigenvalue weighted by Gasteiger charge is -2.41. The number of carbonyl (C=O) groups is 1. The molecule has 3 heteroatoms. The first-order valence-electron chi connectivity index (χ1n) is 7.40. The van der Waals surface area contributed by atoms with Gasteiger partial charge in [0.15, 0.2) is 0 Å². The summed E-state index contributed by atoms with van der Waals surface area (Å²) < 4.78 is 0. The van der Waals surface area contributed by atoms with Crippen molar-refractivity contribution in [1.82, 2.24) is 0 Å². The van der Waals surface area contributed by atoms with Crippen molar-refractivity contribution in [3.63, 3.8) is 0 Å². The van der Waals surface area contributed by atoms with E-state index in [1.807, 2.05) is 18.2 Å². The molecule has 108 valence electrons. The fourth-order valence-corrected chi connectivity index (χ4v) is 6.35. The molecular weight excluding hydrogens is 264 g/mol. The molecule has 0 amide bonds. The first kappa shape index (κ1) is 15.0. The van der Waals surface area contributed by atoms with Crippen LogP contribution in [-0.4, -0.2) is 19.1 Å². The van der Waals surface area contributed by atoms with Crippen LogP contribution in [-0.2, 0) is 4.79 Å². The van der Waals surface area contributed by atoms with Crippen LogP contribution in [0.4, 0.5) is 0 Å². The van der Waals surface area contributed by atoms with E-state index in [1.54, 1.807) is 0 Å². The van der Waals surface area contributed by atoms with Gasteiger partial charge in [-0.15, -0.1) is 6.58 Å². The average Bonchev–Trinajstić information content (AvgIpc) is 2.48. The fourth-order valence-electron chi connectivity index (χ4n) is 3.43. The summed E-state index contributed by atoms with van der Waals surface area (Å²) in [5.41, 5.74) is -0.691. The SMILES string of the molecule is C=C(C1(C(=O)O)CCCCC1)[Si](C)(C)c1ccccc1. The zero-order valence-electron chi connectivity index (χ0n) is 12.5. The molecule has 1 N–H and O–H groups in total. The Morgan fingerprint density at radius 1 is 1.15 bits per heavy atom. The number of benzene rings is 1. The number of aliphatic carboxylic acids is 1. The molecule has 2 nitrogen and oxygen atoms in total. The number of hydrogen-bond donors (Lipinski definition) is 1. The molecule has 1 aliphatic rings. The summed E-state index contributed by atoms with van der Waals surface area (Å²) in [7, 11) is -1.98. The maximum Gasteiger partial charge on any atom is 0.313 e. The Hall–Kier alpha value is -1.35. The van der Waals surface area contributed by atoms with Crippen LogP contribution < -0.4 is 5.19 Å². The number of carboxylic acids is 1. The van der Waals surface area contributed by atoms with Gasteiger partial charge in [-0.3, -0.25) is 4.79 Å². The molecular formula is C17H24O2Si. The molecule has 0 aliphatic heterocycles. The molecule has 0 bridgehead atoms. The molecule has 0 unspecified atom stereocenters. The standard InChI is InChI=1S/C17H24O2Si/c1-14(17(16(18)19)12-8-5-9-13-17)20(2,3)15-10-6-4-7-11-15/h4,6-7,10-11H,1,5,8-9,12-13H2,2-3H3,(H,18,19). The van der Waals surface area contributed by atoms with Gasteiger partial charge in [-0.1, -0.05) is 73.1 Å². The maximum absolute atomic E-state index is 12.0. The molecule has 0 aromatic heterocycles. The highest BCUT2D eigenvalue weighted by Gasteiger charge is 2.48. The van der Waals surface area contributed by atoms with Crippen LogP contribution in [0.3, 0.4) is 0 Å². The Morgan fingerprint density at radius 2 is 1.70 bits per heavy atom. The first-order chi connectivity index (χ1) is 9.41. The van der Waals surface area contributed by atoms with Crippen molar-refractivity contribution in [3.05, 3.63) is 42.1 Å². The minimum Gasteiger partial charge on any atom is -0.481 e. The first-order valence-corrected chi connectivity index (χ1v) is 10.4. The normalized spacial score (nSPS) is 18.5. The van der Waals surface area contributed by atoms with Crippen LogP contribution in [0.15, 0.2) is 42.1 Å². The number of hydrogen-bond acceptors (Lipinski definition) is 1. The van der Waals surface area contributed by atoms with Gasteiger partial charge < -0.3 is 5.11 Å². The lowest BCUT2D eigenvalue weighted by Crippen LogP contribution is -2.52. The summed E-state index contributed by atoms with van der Waals surface area (Å²) in [4.78, 5) is 12.0. The van der Waals surface area contributed by atoms with Crippen LogP contribution in [0.25, 0.3) is 0 Å². The van der Waals surface area contributed by atoms with Crippen LogP contribution in [0.1, 0.15) is 32.1 Å². The second-order valence-corrected chi connectivity index (χ2v) is 10.8. The fraction of sp³-hybridized carbons (Fsp3) is 0.471. The van der Waals surface area contributed by atoms with E-state index in [0.29, 0.717) is 0 Å². The van der Waals surface area contributed by atoms with Crippen LogP contribution in [0, 0.1) is 5.41 Å². The topological polar surface area (TPSA) is 37.3 Å². The van der Waals surface area contributed by atoms with E-state index >= 15 is 0 Å². The summed E-state index contributed by atoms with van der Waals surface area (Å²) in [5, 5.41) is 12.1. The number of rotatable bonds is 4. The van der Waals surface area contributed by atoms with Crippen molar-refractivity contribution in [2.45, 2.75) is 45.2 Å². The maximum atomic E-state index is 12.0. The van der Waals surface area contributed by atoms with Crippen molar-refractivity contribution in [2.75, 3.05) is 0 Å². The van der Waals surface area contributed by atoms with Gasteiger partial charge in [0.2, 0.25) is 0 Å². The molecule has 0 spiro atoms. The van der Waals surface area contributed by atoms with E-state index in [4.69, 9.17) is 0 Å². The highest BCUT2D eigenvalue weighted by Crippen LogP contribution is 2.45. The molecule has 1 aromatic rings. The van der Waals surface area contributed by atoms with Gasteiger partial charge in [-0.2, -0.15) is 0 Å². The second-order valence-electron chi connectivity index (χ2n) is 6.42. The quantitative estimate of drug-likeness (QED) is 0.857. The third-order valence-corrected chi connectivity index (χ3v) is 8.71. The van der Waals surface area contributed by atoms with E-state index in [9.17, 15) is 9.90 Å². The molecule has 1 saturated carbocycles. The Bertz CT molecular complexity index is 499. The molecule has 2 rings (SSSR count). The predicted molar refractivity (Wildman–Crippen MR) is 85.9 cm³/mol. The summed E-state index contributed by atoms with van der Waals surface area (Å²) in [6, 6.07) is 10.3. The Morgan fingerprint density at radius 3 is 2.20 bits per heavy atom.